The summed E-state index contributed by atoms with van der Waals surface area (Å²) < 4.78 is 22.0. The minimum absolute atomic E-state index is 0.122. The number of hydrogen-bond acceptors (Lipinski definition) is 4. The molecule has 0 aromatic rings. The number of nitrogens with two attached hydrogens (primary N) is 1. The second kappa shape index (κ2) is 7.12. The highest BCUT2D eigenvalue weighted by Crippen LogP contribution is 2.69. The average Bonchev–Trinajstić information content (AvgIpc) is 2.19. The van der Waals surface area contributed by atoms with E-state index in [0.717, 1.165) is 19.3 Å². The van der Waals surface area contributed by atoms with Gasteiger partial charge in [-0.05, 0) is 25.8 Å². The summed E-state index contributed by atoms with van der Waals surface area (Å²) in [6.45, 7) is 0.550. The summed E-state index contributed by atoms with van der Waals surface area (Å²) in [5, 5.41) is 6.27. The Morgan fingerprint density at radius 3 is 1.61 bits per heavy atom. The Morgan fingerprint density at radius 1 is 0.833 bits per heavy atom. The van der Waals surface area contributed by atoms with Crippen molar-refractivity contribution in [2.75, 3.05) is 6.54 Å². The van der Waals surface area contributed by atoms with Crippen LogP contribution in [-0.4, -0.2) is 36.3 Å². The fourth-order valence-corrected chi connectivity index (χ4v) is 3.75. The van der Waals surface area contributed by atoms with Crippen LogP contribution in [0.2, 0.25) is 0 Å². The van der Waals surface area contributed by atoms with E-state index in [0.29, 0.717) is 13.0 Å². The molecule has 8 nitrogen and oxygen atoms in total. The van der Waals surface area contributed by atoms with Gasteiger partial charge >= 0.3 is 15.2 Å². The van der Waals surface area contributed by atoms with Crippen LogP contribution >= 0.6 is 15.2 Å². The molecule has 0 saturated heterocycles. The molecule has 7 N–H and O–H groups in total. The topological polar surface area (TPSA) is 161 Å². The van der Waals surface area contributed by atoms with E-state index in [-0.39, 0.29) is 6.42 Å². The zero-order valence-electron chi connectivity index (χ0n) is 9.97. The highest BCUT2D eigenvalue weighted by atomic mass is 31.2. The second-order valence-corrected chi connectivity index (χ2v) is 8.18. The summed E-state index contributed by atoms with van der Waals surface area (Å²) in [5.41, 5.74) is 5.28. The third-order valence-corrected chi connectivity index (χ3v) is 6.53. The highest BCUT2D eigenvalue weighted by Gasteiger charge is 2.58. The Hall–Kier alpha value is 0.220. The van der Waals surface area contributed by atoms with Gasteiger partial charge in [-0.15, -0.1) is 0 Å². The van der Waals surface area contributed by atoms with Gasteiger partial charge in [-0.3, -0.25) is 9.13 Å². The molecule has 0 aromatic carbocycles. The summed E-state index contributed by atoms with van der Waals surface area (Å²) in [4.78, 5) is 35.5. The molecule has 0 amide bonds. The first-order chi connectivity index (χ1) is 8.06. The minimum Gasteiger partial charge on any atom is -0.368 e. The van der Waals surface area contributed by atoms with Crippen LogP contribution in [-0.2, 0) is 9.13 Å². The van der Waals surface area contributed by atoms with Crippen molar-refractivity contribution in [2.45, 2.75) is 43.6 Å². The molecule has 0 rings (SSSR count). The minimum atomic E-state index is -5.30. The average molecular weight is 305 g/mol. The van der Waals surface area contributed by atoms with E-state index in [1.165, 1.54) is 0 Å². The van der Waals surface area contributed by atoms with Gasteiger partial charge in [-0.25, -0.2) is 0 Å². The molecule has 0 bridgehead atoms. The van der Waals surface area contributed by atoms with Crippen LogP contribution in [0, 0.1) is 0 Å². The molecule has 0 aliphatic rings. The van der Waals surface area contributed by atoms with E-state index in [2.05, 4.69) is 0 Å². The van der Waals surface area contributed by atoms with Crippen molar-refractivity contribution in [1.29, 1.82) is 0 Å². The van der Waals surface area contributed by atoms with Crippen LogP contribution in [0.15, 0.2) is 0 Å². The van der Waals surface area contributed by atoms with Crippen molar-refractivity contribution in [3.63, 3.8) is 0 Å². The molecule has 110 valence electrons. The summed E-state index contributed by atoms with van der Waals surface area (Å²) in [6.07, 6.45) is 2.39. The molecule has 0 fully saturated rings. The lowest BCUT2D eigenvalue weighted by atomic mass is 10.1. The van der Waals surface area contributed by atoms with Gasteiger partial charge in [0.15, 0.2) is 0 Å². The molecular formula is C8H21NO7P2. The van der Waals surface area contributed by atoms with Gasteiger partial charge in [-0.2, -0.15) is 0 Å². The van der Waals surface area contributed by atoms with Crippen molar-refractivity contribution >= 4 is 15.2 Å². The molecule has 0 unspecified atom stereocenters. The molecule has 18 heavy (non-hydrogen) atoms. The van der Waals surface area contributed by atoms with Crippen LogP contribution in [0.5, 0.6) is 0 Å². The van der Waals surface area contributed by atoms with E-state index in [4.69, 9.17) is 25.3 Å². The van der Waals surface area contributed by atoms with Gasteiger partial charge in [-0.1, -0.05) is 19.3 Å². The molecule has 0 saturated carbocycles. The normalized spacial score (nSPS) is 13.9. The lowest BCUT2D eigenvalue weighted by Crippen LogP contribution is -2.28. The smallest absolute Gasteiger partial charge is 0.368 e. The molecule has 0 aliphatic carbocycles. The van der Waals surface area contributed by atoms with E-state index < -0.39 is 26.7 Å². The molecule has 0 heterocycles. The molecular weight excluding hydrogens is 284 g/mol. The van der Waals surface area contributed by atoms with Crippen molar-refractivity contribution in [2.24, 2.45) is 5.73 Å². The number of aliphatic hydroxyl groups is 1. The third kappa shape index (κ3) is 5.07. The molecule has 0 aromatic heterocycles. The zero-order chi connectivity index (χ0) is 14.4. The van der Waals surface area contributed by atoms with Crippen LogP contribution in [0.25, 0.3) is 0 Å². The van der Waals surface area contributed by atoms with Crippen LogP contribution in [0.1, 0.15) is 38.5 Å². The zero-order valence-corrected chi connectivity index (χ0v) is 11.8. The maximum Gasteiger partial charge on any atom is 0.369 e. The van der Waals surface area contributed by atoms with Gasteiger partial charge in [0, 0.05) is 0 Å². The van der Waals surface area contributed by atoms with Gasteiger partial charge in [0.2, 0.25) is 0 Å². The lowest BCUT2D eigenvalue weighted by Gasteiger charge is -2.29. The maximum absolute atomic E-state index is 11.0. The van der Waals surface area contributed by atoms with Crippen LogP contribution < -0.4 is 5.73 Å². The predicted octanol–water partition coefficient (Wildman–Crippen LogP) is 0.287. The van der Waals surface area contributed by atoms with E-state index in [1.807, 2.05) is 0 Å². The first kappa shape index (κ1) is 18.2. The Morgan fingerprint density at radius 2 is 1.22 bits per heavy atom. The maximum atomic E-state index is 11.0. The summed E-state index contributed by atoms with van der Waals surface area (Å²) >= 11 is 0. The van der Waals surface area contributed by atoms with Crippen molar-refractivity contribution in [3.8, 4) is 0 Å². The molecule has 0 radical (unpaired) electrons. The predicted molar refractivity (Wildman–Crippen MR) is 65.8 cm³/mol. The molecule has 0 aliphatic heterocycles. The Balaban J connectivity index is 4.40. The van der Waals surface area contributed by atoms with Crippen molar-refractivity contribution in [1.82, 2.24) is 0 Å². The monoisotopic (exact) mass is 305 g/mol. The SMILES string of the molecule is NCCCCCCCC(O)(P(=O)(O)O)P(=O)(O)O. The Kier molecular flexibility index (Phi) is 7.21. The summed E-state index contributed by atoms with van der Waals surface area (Å²) in [7, 11) is -10.6. The molecule has 0 atom stereocenters. The molecule has 10 heteroatoms. The number of unbranched alkanes of at least 4 members (excludes halogenated alkanes) is 4. The van der Waals surface area contributed by atoms with Gasteiger partial charge in [0.1, 0.15) is 0 Å². The first-order valence-corrected chi connectivity index (χ1v) is 8.82. The van der Waals surface area contributed by atoms with Crippen LogP contribution in [0.4, 0.5) is 0 Å². The summed E-state index contributed by atoms with van der Waals surface area (Å²) in [5.74, 6) is 0. The largest absolute Gasteiger partial charge is 0.369 e. The summed E-state index contributed by atoms with van der Waals surface area (Å²) in [6, 6.07) is 0. The standard InChI is InChI=1S/C8H21NO7P2/c9-7-5-3-1-2-4-6-8(10,17(11,12)13)18(14,15)16/h10H,1-7,9H2,(H2,11,12,13)(H2,14,15,16). The second-order valence-electron chi connectivity index (χ2n) is 4.17. The Bertz CT molecular complexity index is 314. The lowest BCUT2D eigenvalue weighted by molar-refractivity contribution is 0.120. The van der Waals surface area contributed by atoms with E-state index >= 15 is 0 Å². The van der Waals surface area contributed by atoms with Crippen molar-refractivity contribution in [3.05, 3.63) is 0 Å². The van der Waals surface area contributed by atoms with Crippen LogP contribution in [0.3, 0.4) is 0 Å². The molecule has 0 spiro atoms. The van der Waals surface area contributed by atoms with E-state index in [9.17, 15) is 14.2 Å². The number of hydrogen-bond donors (Lipinski definition) is 6. The highest BCUT2D eigenvalue weighted by molar-refractivity contribution is 7.72. The number of rotatable bonds is 9. The van der Waals surface area contributed by atoms with Gasteiger partial charge < -0.3 is 30.4 Å². The van der Waals surface area contributed by atoms with E-state index in [1.54, 1.807) is 0 Å². The fraction of sp³-hybridized carbons (Fsp3) is 1.00. The quantitative estimate of drug-likeness (QED) is 0.261. The first-order valence-electron chi connectivity index (χ1n) is 5.60. The fourth-order valence-electron chi connectivity index (χ4n) is 1.50. The third-order valence-electron chi connectivity index (χ3n) is 2.65. The van der Waals surface area contributed by atoms with Gasteiger partial charge in [0.05, 0.1) is 0 Å². The Labute approximate surface area is 106 Å². The van der Waals surface area contributed by atoms with Gasteiger partial charge in [0.25, 0.3) is 5.08 Å². The van der Waals surface area contributed by atoms with Crippen molar-refractivity contribution < 1.29 is 33.8 Å².